The van der Waals surface area contributed by atoms with Gasteiger partial charge >= 0.3 is 0 Å². The average Bonchev–Trinajstić information content (AvgIpc) is 2.69. The molecule has 26 heavy (non-hydrogen) atoms. The van der Waals surface area contributed by atoms with Crippen molar-refractivity contribution in [1.82, 2.24) is 20.2 Å². The van der Waals surface area contributed by atoms with E-state index in [0.717, 1.165) is 0 Å². The highest BCUT2D eigenvalue weighted by molar-refractivity contribution is 5.74. The first kappa shape index (κ1) is 16.0. The van der Waals surface area contributed by atoms with Gasteiger partial charge in [-0.3, -0.25) is 9.97 Å². The third-order valence-corrected chi connectivity index (χ3v) is 3.95. The minimum absolute atomic E-state index is 0.138. The Balaban J connectivity index is 1.82. The summed E-state index contributed by atoms with van der Waals surface area (Å²) >= 11 is 0. The van der Waals surface area contributed by atoms with E-state index in [-0.39, 0.29) is 17.0 Å². The number of pyridine rings is 2. The summed E-state index contributed by atoms with van der Waals surface area (Å²) in [4.78, 5) is 7.99. The van der Waals surface area contributed by atoms with Crippen LogP contribution in [0.1, 0.15) is 0 Å². The maximum absolute atomic E-state index is 15.0. The fraction of sp³-hybridized carbons (Fsp3) is 0. The van der Waals surface area contributed by atoms with E-state index in [2.05, 4.69) is 20.2 Å². The normalized spacial score (nSPS) is 10.7. The molecule has 4 aromatic rings. The molecule has 126 valence electrons. The third-order valence-electron chi connectivity index (χ3n) is 3.95. The molecule has 1 aromatic carbocycles. The lowest BCUT2D eigenvalue weighted by Gasteiger charge is -2.09. The highest BCUT2D eigenvalue weighted by atomic mass is 19.1. The van der Waals surface area contributed by atoms with Gasteiger partial charge in [0.25, 0.3) is 0 Å². The fourth-order valence-corrected chi connectivity index (χ4v) is 2.70. The molecule has 3 heterocycles. The van der Waals surface area contributed by atoms with E-state index >= 15 is 4.39 Å². The van der Waals surface area contributed by atoms with Crippen LogP contribution < -0.4 is 0 Å². The third kappa shape index (κ3) is 2.93. The maximum Gasteiger partial charge on any atom is 0.160 e. The van der Waals surface area contributed by atoms with Gasteiger partial charge in [0, 0.05) is 35.3 Å². The number of hydrogen-bond donors (Lipinski definition) is 0. The van der Waals surface area contributed by atoms with E-state index in [1.54, 1.807) is 48.8 Å². The molecule has 0 radical (unpaired) electrons. The molecular formula is C20H12F2N4. The number of benzene rings is 1. The number of hydrogen-bond acceptors (Lipinski definition) is 4. The molecule has 0 aliphatic heterocycles. The summed E-state index contributed by atoms with van der Waals surface area (Å²) in [6, 6.07) is 13.1. The Morgan fingerprint density at radius 3 is 2.35 bits per heavy atom. The molecule has 0 unspecified atom stereocenters. The van der Waals surface area contributed by atoms with E-state index in [1.165, 1.54) is 24.5 Å². The van der Waals surface area contributed by atoms with Crippen LogP contribution in [0.3, 0.4) is 0 Å². The highest BCUT2D eigenvalue weighted by Crippen LogP contribution is 2.31. The van der Waals surface area contributed by atoms with Crippen LogP contribution in [-0.2, 0) is 0 Å². The van der Waals surface area contributed by atoms with Crippen LogP contribution >= 0.6 is 0 Å². The molecule has 0 aliphatic carbocycles. The Bertz CT molecular complexity index is 1070. The molecule has 0 spiro atoms. The predicted octanol–water partition coefficient (Wildman–Crippen LogP) is 4.55. The minimum atomic E-state index is -0.496. The van der Waals surface area contributed by atoms with Crippen LogP contribution in [0, 0.1) is 11.6 Å². The lowest BCUT2D eigenvalue weighted by Crippen LogP contribution is -1.97. The van der Waals surface area contributed by atoms with Crippen LogP contribution in [0.5, 0.6) is 0 Å². The minimum Gasteiger partial charge on any atom is -0.265 e. The second-order valence-corrected chi connectivity index (χ2v) is 5.57. The first-order valence-corrected chi connectivity index (χ1v) is 7.87. The van der Waals surface area contributed by atoms with Crippen LogP contribution in [-0.4, -0.2) is 20.2 Å². The Kier molecular flexibility index (Phi) is 4.15. The molecule has 0 aliphatic rings. The summed E-state index contributed by atoms with van der Waals surface area (Å²) in [6.07, 6.45) is 6.00. The molecule has 0 atom stereocenters. The summed E-state index contributed by atoms with van der Waals surface area (Å²) in [5, 5.41) is 7.82. The first-order chi connectivity index (χ1) is 12.7. The number of nitrogens with zero attached hydrogens (tertiary/aromatic N) is 4. The lowest BCUT2D eigenvalue weighted by atomic mass is 10.0. The van der Waals surface area contributed by atoms with Gasteiger partial charge in [-0.25, -0.2) is 8.78 Å². The van der Waals surface area contributed by atoms with Gasteiger partial charge in [-0.2, -0.15) is 5.10 Å². The first-order valence-electron chi connectivity index (χ1n) is 7.87. The van der Waals surface area contributed by atoms with E-state index in [1.807, 2.05) is 0 Å². The summed E-state index contributed by atoms with van der Waals surface area (Å²) in [5.41, 5.74) is 2.34. The van der Waals surface area contributed by atoms with Crippen LogP contribution in [0.2, 0.25) is 0 Å². The van der Waals surface area contributed by atoms with Gasteiger partial charge in [0.05, 0.1) is 6.20 Å². The van der Waals surface area contributed by atoms with Gasteiger partial charge in [0.15, 0.2) is 5.82 Å². The summed E-state index contributed by atoms with van der Waals surface area (Å²) in [7, 11) is 0. The van der Waals surface area contributed by atoms with Gasteiger partial charge in [0.1, 0.15) is 17.2 Å². The van der Waals surface area contributed by atoms with Crippen LogP contribution in [0.15, 0.2) is 73.3 Å². The van der Waals surface area contributed by atoms with Gasteiger partial charge in [-0.15, -0.1) is 5.10 Å². The van der Waals surface area contributed by atoms with Crippen molar-refractivity contribution in [3.05, 3.63) is 85.0 Å². The van der Waals surface area contributed by atoms with Gasteiger partial charge in [-0.1, -0.05) is 18.2 Å². The topological polar surface area (TPSA) is 51.6 Å². The van der Waals surface area contributed by atoms with Crippen molar-refractivity contribution in [2.45, 2.75) is 0 Å². The average molecular weight is 346 g/mol. The van der Waals surface area contributed by atoms with Crippen LogP contribution in [0.4, 0.5) is 8.78 Å². The summed E-state index contributed by atoms with van der Waals surface area (Å²) in [6.45, 7) is 0. The largest absolute Gasteiger partial charge is 0.265 e. The maximum atomic E-state index is 15.0. The molecule has 3 aromatic heterocycles. The number of aromatic nitrogens is 4. The zero-order valence-electron chi connectivity index (χ0n) is 13.5. The molecule has 0 fully saturated rings. The van der Waals surface area contributed by atoms with E-state index < -0.39 is 11.6 Å². The van der Waals surface area contributed by atoms with E-state index in [4.69, 9.17) is 0 Å². The lowest BCUT2D eigenvalue weighted by molar-refractivity contribution is 0.623. The highest BCUT2D eigenvalue weighted by Gasteiger charge is 2.15. The fourth-order valence-electron chi connectivity index (χ4n) is 2.70. The van der Waals surface area contributed by atoms with Crippen molar-refractivity contribution in [1.29, 1.82) is 0 Å². The SMILES string of the molecule is Fc1cccnc1-c1cccc(-c2cnnc(-c3ccncc3)c2F)c1. The van der Waals surface area contributed by atoms with Crippen molar-refractivity contribution in [2.75, 3.05) is 0 Å². The molecule has 4 rings (SSSR count). The van der Waals surface area contributed by atoms with Crippen molar-refractivity contribution < 1.29 is 8.78 Å². The quantitative estimate of drug-likeness (QED) is 0.546. The molecule has 0 N–H and O–H groups in total. The smallest absolute Gasteiger partial charge is 0.160 e. The molecule has 0 saturated carbocycles. The molecule has 0 bridgehead atoms. The van der Waals surface area contributed by atoms with E-state index in [9.17, 15) is 4.39 Å². The van der Waals surface area contributed by atoms with Crippen molar-refractivity contribution in [3.8, 4) is 33.6 Å². The molecule has 0 saturated heterocycles. The second kappa shape index (κ2) is 6.76. The Hall–Kier alpha value is -3.54. The number of halogens is 2. The standard InChI is InChI=1S/C20H12F2N4/c21-17-5-2-8-24-19(17)15-4-1-3-14(11-15)16-12-25-26-20(18(16)22)13-6-9-23-10-7-13/h1-12H. The summed E-state index contributed by atoms with van der Waals surface area (Å²) in [5.74, 6) is -0.930. The van der Waals surface area contributed by atoms with Gasteiger partial charge in [-0.05, 0) is 35.9 Å². The van der Waals surface area contributed by atoms with E-state index in [0.29, 0.717) is 16.7 Å². The second-order valence-electron chi connectivity index (χ2n) is 5.57. The van der Waals surface area contributed by atoms with Crippen molar-refractivity contribution >= 4 is 0 Å². The zero-order valence-corrected chi connectivity index (χ0v) is 13.5. The molecule has 0 amide bonds. The van der Waals surface area contributed by atoms with Crippen molar-refractivity contribution in [3.63, 3.8) is 0 Å². The molecule has 4 nitrogen and oxygen atoms in total. The van der Waals surface area contributed by atoms with Gasteiger partial charge < -0.3 is 0 Å². The molecular weight excluding hydrogens is 334 g/mol. The predicted molar refractivity (Wildman–Crippen MR) is 93.8 cm³/mol. The van der Waals surface area contributed by atoms with Crippen molar-refractivity contribution in [2.24, 2.45) is 0 Å². The van der Waals surface area contributed by atoms with Gasteiger partial charge in [0.2, 0.25) is 0 Å². The molecule has 6 heteroatoms. The monoisotopic (exact) mass is 346 g/mol. The number of rotatable bonds is 3. The zero-order chi connectivity index (χ0) is 17.9. The Morgan fingerprint density at radius 2 is 1.54 bits per heavy atom. The Morgan fingerprint density at radius 1 is 0.731 bits per heavy atom. The summed E-state index contributed by atoms with van der Waals surface area (Å²) < 4.78 is 29.1. The van der Waals surface area contributed by atoms with Crippen LogP contribution in [0.25, 0.3) is 33.6 Å². The Labute approximate surface area is 148 Å².